The number of hydrogen-bond acceptors (Lipinski definition) is 4. The summed E-state index contributed by atoms with van der Waals surface area (Å²) in [5, 5.41) is 23.2. The smallest absolute Gasteiger partial charge is 0.133 e. The SMILES string of the molecule is CC(C)(C)c1cc(C=NC2CCCC[C@H]2N=Cc2cc(C(C)(C)C)cc(C[N+]3(C)CCCCC3)c2O)c(O)c(C[N+]2(C)CCCCC2)c1. The van der Waals surface area contributed by atoms with Crippen molar-refractivity contribution in [3.8, 4) is 11.5 Å². The highest BCUT2D eigenvalue weighted by atomic mass is 16.3. The van der Waals surface area contributed by atoms with E-state index in [0.29, 0.717) is 11.5 Å². The summed E-state index contributed by atoms with van der Waals surface area (Å²) in [5.74, 6) is 0.767. The zero-order valence-corrected chi connectivity index (χ0v) is 31.6. The molecule has 0 bridgehead atoms. The Hall–Kier alpha value is -2.70. The van der Waals surface area contributed by atoms with Crippen molar-refractivity contribution >= 4 is 12.4 Å². The maximum Gasteiger partial charge on any atom is 0.133 e. The van der Waals surface area contributed by atoms with E-state index in [0.717, 1.165) is 70.0 Å². The van der Waals surface area contributed by atoms with E-state index in [1.165, 1.54) is 75.8 Å². The van der Waals surface area contributed by atoms with Gasteiger partial charge in [-0.2, -0.15) is 0 Å². The lowest BCUT2D eigenvalue weighted by Crippen LogP contribution is -2.47. The van der Waals surface area contributed by atoms with Crippen LogP contribution in [0.3, 0.4) is 0 Å². The zero-order chi connectivity index (χ0) is 34.7. The Balaban J connectivity index is 1.42. The average molecular weight is 659 g/mol. The molecule has 1 unspecified atom stereocenters. The van der Waals surface area contributed by atoms with E-state index in [1.807, 2.05) is 12.4 Å². The van der Waals surface area contributed by atoms with Crippen LogP contribution in [0.4, 0.5) is 0 Å². The number of likely N-dealkylation sites (tertiary alicyclic amines) is 2. The normalized spacial score (nSPS) is 23.6. The first kappa shape index (κ1) is 36.6. The van der Waals surface area contributed by atoms with Gasteiger partial charge in [0.1, 0.15) is 24.6 Å². The Kier molecular flexibility index (Phi) is 11.2. The molecule has 6 nitrogen and oxygen atoms in total. The standard InChI is InChI=1S/C42H64N4O2/c1-41(2,3)35-23-31(39(47)33(25-35)29-45(7)19-13-9-14-20-45)27-43-37-17-11-12-18-38(37)44-28-32-24-36(42(4,5)6)26-34(40(32)48)30-46(8)21-15-10-16-22-46/h23-28,37-38H,9-22,29-30H2,1-8H3/p+2/t37-,38?/m1/s1. The molecule has 2 saturated heterocycles. The van der Waals surface area contributed by atoms with Gasteiger partial charge in [0.05, 0.1) is 52.4 Å². The number of hydrogen-bond donors (Lipinski definition) is 2. The molecule has 264 valence electrons. The fourth-order valence-corrected chi connectivity index (χ4v) is 8.22. The highest BCUT2D eigenvalue weighted by Gasteiger charge is 2.30. The summed E-state index contributed by atoms with van der Waals surface area (Å²) in [4.78, 5) is 10.3. The zero-order valence-electron chi connectivity index (χ0n) is 31.6. The Morgan fingerprint density at radius 1 is 0.583 bits per heavy atom. The monoisotopic (exact) mass is 659 g/mol. The molecule has 3 fully saturated rings. The lowest BCUT2D eigenvalue weighted by molar-refractivity contribution is -0.926. The summed E-state index contributed by atoms with van der Waals surface area (Å²) in [7, 11) is 4.68. The van der Waals surface area contributed by atoms with E-state index in [2.05, 4.69) is 79.9 Å². The van der Waals surface area contributed by atoms with Crippen LogP contribution in [0.15, 0.2) is 34.3 Å². The van der Waals surface area contributed by atoms with Gasteiger partial charge in [-0.15, -0.1) is 0 Å². The third-order valence-corrected chi connectivity index (χ3v) is 11.6. The fraction of sp³-hybridized carbons (Fsp3) is 0.667. The largest absolute Gasteiger partial charge is 0.507 e. The second kappa shape index (κ2) is 14.6. The number of quaternary nitrogens is 2. The van der Waals surface area contributed by atoms with E-state index in [-0.39, 0.29) is 22.9 Å². The molecule has 48 heavy (non-hydrogen) atoms. The molecule has 2 heterocycles. The third kappa shape index (κ3) is 9.09. The second-order valence-corrected chi connectivity index (χ2v) is 18.2. The van der Waals surface area contributed by atoms with Gasteiger partial charge in [0, 0.05) is 34.7 Å². The highest BCUT2D eigenvalue weighted by molar-refractivity contribution is 5.86. The lowest BCUT2D eigenvalue weighted by Gasteiger charge is -2.38. The van der Waals surface area contributed by atoms with Gasteiger partial charge in [-0.1, -0.05) is 54.4 Å². The molecule has 1 saturated carbocycles. The first-order valence-corrected chi connectivity index (χ1v) is 19.0. The Labute approximate surface area is 292 Å². The summed E-state index contributed by atoms with van der Waals surface area (Å²) in [5.41, 5.74) is 6.15. The molecule has 0 spiro atoms. The molecule has 6 heteroatoms. The molecule has 2 atom stereocenters. The van der Waals surface area contributed by atoms with E-state index >= 15 is 0 Å². The van der Waals surface area contributed by atoms with Gasteiger partial charge < -0.3 is 19.2 Å². The van der Waals surface area contributed by atoms with Crippen molar-refractivity contribution in [3.63, 3.8) is 0 Å². The minimum atomic E-state index is -0.0289. The van der Waals surface area contributed by atoms with Gasteiger partial charge >= 0.3 is 0 Å². The van der Waals surface area contributed by atoms with Crippen molar-refractivity contribution in [3.05, 3.63) is 57.6 Å². The van der Waals surface area contributed by atoms with Gasteiger partial charge in [-0.25, -0.2) is 0 Å². The van der Waals surface area contributed by atoms with E-state index < -0.39 is 0 Å². The highest BCUT2D eigenvalue weighted by Crippen LogP contribution is 2.36. The quantitative estimate of drug-likeness (QED) is 0.220. The van der Waals surface area contributed by atoms with Crippen LogP contribution < -0.4 is 0 Å². The molecule has 5 rings (SSSR count). The van der Waals surface area contributed by atoms with Crippen LogP contribution in [0.1, 0.15) is 139 Å². The molecule has 3 aliphatic rings. The molecule has 2 aliphatic heterocycles. The summed E-state index contributed by atoms with van der Waals surface area (Å²) >= 11 is 0. The number of phenols is 2. The van der Waals surface area contributed by atoms with Crippen LogP contribution in [0, 0.1) is 0 Å². The number of rotatable bonds is 8. The van der Waals surface area contributed by atoms with Crippen molar-refractivity contribution in [1.82, 2.24) is 0 Å². The Morgan fingerprint density at radius 3 is 1.27 bits per heavy atom. The summed E-state index contributed by atoms with van der Waals surface area (Å²) in [6.45, 7) is 19.8. The lowest BCUT2D eigenvalue weighted by atomic mass is 9.84. The van der Waals surface area contributed by atoms with Gasteiger partial charge in [-0.3, -0.25) is 9.98 Å². The second-order valence-electron chi connectivity index (χ2n) is 18.2. The maximum absolute atomic E-state index is 11.6. The van der Waals surface area contributed by atoms with Crippen molar-refractivity contribution < 1.29 is 19.2 Å². The molecule has 0 aromatic heterocycles. The van der Waals surface area contributed by atoms with E-state index in [4.69, 9.17) is 9.98 Å². The number of nitrogens with zero attached hydrogens (tertiary/aromatic N) is 4. The summed E-state index contributed by atoms with van der Waals surface area (Å²) in [6.07, 6.45) is 15.7. The molecular formula is C42H66N4O2+2. The predicted octanol–water partition coefficient (Wildman–Crippen LogP) is 8.80. The topological polar surface area (TPSA) is 65.2 Å². The Morgan fingerprint density at radius 2 is 0.938 bits per heavy atom. The van der Waals surface area contributed by atoms with Gasteiger partial charge in [-0.05, 0) is 97.6 Å². The number of phenolic OH excluding ortho intramolecular Hbond substituents is 2. The first-order chi connectivity index (χ1) is 22.6. The molecule has 0 radical (unpaired) electrons. The van der Waals surface area contributed by atoms with Crippen LogP contribution in [-0.2, 0) is 23.9 Å². The predicted molar refractivity (Wildman–Crippen MR) is 202 cm³/mol. The number of piperidine rings is 2. The van der Waals surface area contributed by atoms with Gasteiger partial charge in [0.25, 0.3) is 0 Å². The van der Waals surface area contributed by atoms with Crippen LogP contribution >= 0.6 is 0 Å². The van der Waals surface area contributed by atoms with E-state index in [1.54, 1.807) is 0 Å². The molecule has 0 amide bonds. The maximum atomic E-state index is 11.6. The van der Waals surface area contributed by atoms with Crippen molar-refractivity contribution in [2.75, 3.05) is 40.3 Å². The Bertz CT molecular complexity index is 1350. The minimum Gasteiger partial charge on any atom is -0.507 e. The fourth-order valence-electron chi connectivity index (χ4n) is 8.22. The minimum absolute atomic E-state index is 0.0289. The van der Waals surface area contributed by atoms with Crippen LogP contribution in [-0.4, -0.2) is 84.0 Å². The molecule has 1 aliphatic carbocycles. The molecule has 2 aromatic rings. The van der Waals surface area contributed by atoms with Gasteiger partial charge in [0.15, 0.2) is 0 Å². The average Bonchev–Trinajstić information content (AvgIpc) is 3.01. The van der Waals surface area contributed by atoms with Crippen molar-refractivity contribution in [2.45, 2.75) is 142 Å². The van der Waals surface area contributed by atoms with Crippen LogP contribution in [0.5, 0.6) is 11.5 Å². The van der Waals surface area contributed by atoms with Crippen molar-refractivity contribution in [2.24, 2.45) is 9.98 Å². The summed E-state index contributed by atoms with van der Waals surface area (Å²) < 4.78 is 1.97. The van der Waals surface area contributed by atoms with Crippen LogP contribution in [0.25, 0.3) is 0 Å². The van der Waals surface area contributed by atoms with Gasteiger partial charge in [0.2, 0.25) is 0 Å². The summed E-state index contributed by atoms with van der Waals surface area (Å²) in [6, 6.07) is 8.85. The third-order valence-electron chi connectivity index (χ3n) is 11.6. The first-order valence-electron chi connectivity index (χ1n) is 19.0. The number of benzene rings is 2. The molecular weight excluding hydrogens is 592 g/mol. The number of aromatic hydroxyl groups is 2. The van der Waals surface area contributed by atoms with Crippen LogP contribution in [0.2, 0.25) is 0 Å². The molecule has 2 N–H and O–H groups in total. The molecule has 2 aromatic carbocycles. The van der Waals surface area contributed by atoms with Crippen molar-refractivity contribution in [1.29, 1.82) is 0 Å². The number of aliphatic imine (C=N–C) groups is 2. The van der Waals surface area contributed by atoms with E-state index in [9.17, 15) is 10.2 Å².